The summed E-state index contributed by atoms with van der Waals surface area (Å²) in [7, 11) is -3.53. The second-order valence-corrected chi connectivity index (χ2v) is 8.48. The molecule has 0 bridgehead atoms. The molecule has 2 aromatic carbocycles. The second kappa shape index (κ2) is 6.90. The first-order valence-electron chi connectivity index (χ1n) is 8.74. The smallest absolute Gasteiger partial charge is 0.243 e. The number of piperazine rings is 1. The van der Waals surface area contributed by atoms with E-state index in [1.807, 2.05) is 18.2 Å². The van der Waals surface area contributed by atoms with Gasteiger partial charge in [-0.25, -0.2) is 8.42 Å². The molecule has 2 heterocycles. The maximum Gasteiger partial charge on any atom is 0.243 e. The SMILES string of the molecule is CC(c1ccccc1)N1CCN(S(=O)(=O)c2ccc3c(c2)OCO3)CC1. The minimum atomic E-state index is -3.53. The lowest BCUT2D eigenvalue weighted by Crippen LogP contribution is -2.49. The van der Waals surface area contributed by atoms with Gasteiger partial charge in [0.25, 0.3) is 0 Å². The van der Waals surface area contributed by atoms with Gasteiger partial charge in [0.15, 0.2) is 11.5 Å². The van der Waals surface area contributed by atoms with Gasteiger partial charge < -0.3 is 9.47 Å². The highest BCUT2D eigenvalue weighted by atomic mass is 32.2. The summed E-state index contributed by atoms with van der Waals surface area (Å²) in [5.74, 6) is 1.08. The molecular formula is C19H22N2O4S. The van der Waals surface area contributed by atoms with Gasteiger partial charge in [0, 0.05) is 38.3 Å². The van der Waals surface area contributed by atoms with Crippen molar-refractivity contribution in [2.75, 3.05) is 33.0 Å². The van der Waals surface area contributed by atoms with Gasteiger partial charge in [-0.05, 0) is 24.6 Å². The molecular weight excluding hydrogens is 352 g/mol. The third-order valence-corrected chi connectivity index (χ3v) is 6.98. The number of hydrogen-bond acceptors (Lipinski definition) is 5. The number of fused-ring (bicyclic) bond motifs is 1. The Kier molecular flexibility index (Phi) is 4.60. The van der Waals surface area contributed by atoms with Crippen molar-refractivity contribution in [3.05, 3.63) is 54.1 Å². The minimum Gasteiger partial charge on any atom is -0.454 e. The van der Waals surface area contributed by atoms with E-state index in [2.05, 4.69) is 24.0 Å². The monoisotopic (exact) mass is 374 g/mol. The van der Waals surface area contributed by atoms with Crippen molar-refractivity contribution in [1.82, 2.24) is 9.21 Å². The number of ether oxygens (including phenoxy) is 2. The quantitative estimate of drug-likeness (QED) is 0.823. The number of hydrogen-bond donors (Lipinski definition) is 0. The predicted octanol–water partition coefficient (Wildman–Crippen LogP) is 2.48. The highest BCUT2D eigenvalue weighted by Gasteiger charge is 2.31. The molecule has 1 atom stereocenters. The van der Waals surface area contributed by atoms with E-state index in [1.54, 1.807) is 22.5 Å². The molecule has 1 fully saturated rings. The van der Waals surface area contributed by atoms with Crippen LogP contribution in [0.25, 0.3) is 0 Å². The van der Waals surface area contributed by atoms with E-state index in [0.29, 0.717) is 37.7 Å². The van der Waals surface area contributed by atoms with Crippen LogP contribution >= 0.6 is 0 Å². The molecule has 0 spiro atoms. The van der Waals surface area contributed by atoms with Crippen molar-refractivity contribution in [3.8, 4) is 11.5 Å². The molecule has 2 aliphatic rings. The van der Waals surface area contributed by atoms with Crippen molar-refractivity contribution in [2.24, 2.45) is 0 Å². The van der Waals surface area contributed by atoms with Gasteiger partial charge in [0.05, 0.1) is 4.90 Å². The molecule has 1 saturated heterocycles. The first kappa shape index (κ1) is 17.3. The van der Waals surface area contributed by atoms with E-state index < -0.39 is 10.0 Å². The maximum absolute atomic E-state index is 12.9. The average molecular weight is 374 g/mol. The van der Waals surface area contributed by atoms with Crippen molar-refractivity contribution in [1.29, 1.82) is 0 Å². The zero-order chi connectivity index (χ0) is 18.1. The molecule has 2 aromatic rings. The molecule has 26 heavy (non-hydrogen) atoms. The molecule has 7 heteroatoms. The summed E-state index contributed by atoms with van der Waals surface area (Å²) < 4.78 is 38.0. The van der Waals surface area contributed by atoms with Crippen molar-refractivity contribution in [2.45, 2.75) is 17.9 Å². The first-order chi connectivity index (χ1) is 12.6. The zero-order valence-corrected chi connectivity index (χ0v) is 15.5. The van der Waals surface area contributed by atoms with Crippen molar-refractivity contribution < 1.29 is 17.9 Å². The standard InChI is InChI=1S/C19H22N2O4S/c1-15(16-5-3-2-4-6-16)20-9-11-21(12-10-20)26(22,23)17-7-8-18-19(13-17)25-14-24-18/h2-8,13,15H,9-12,14H2,1H3. The predicted molar refractivity (Wildman–Crippen MR) is 97.8 cm³/mol. The van der Waals surface area contributed by atoms with Crippen LogP contribution in [0.5, 0.6) is 11.5 Å². The number of rotatable bonds is 4. The molecule has 0 radical (unpaired) electrons. The molecule has 2 aliphatic heterocycles. The molecule has 0 N–H and O–H groups in total. The summed E-state index contributed by atoms with van der Waals surface area (Å²) in [5.41, 5.74) is 1.25. The third kappa shape index (κ3) is 3.18. The molecule has 1 unspecified atom stereocenters. The Morgan fingerprint density at radius 2 is 1.62 bits per heavy atom. The maximum atomic E-state index is 12.9. The Hall–Kier alpha value is -2.09. The Morgan fingerprint density at radius 1 is 0.923 bits per heavy atom. The van der Waals surface area contributed by atoms with Gasteiger partial charge in [-0.1, -0.05) is 30.3 Å². The lowest BCUT2D eigenvalue weighted by atomic mass is 10.1. The minimum absolute atomic E-state index is 0.134. The average Bonchev–Trinajstić information content (AvgIpc) is 3.16. The topological polar surface area (TPSA) is 59.1 Å². The Bertz CT molecular complexity index is 878. The van der Waals surface area contributed by atoms with Gasteiger partial charge in [0.2, 0.25) is 16.8 Å². The van der Waals surface area contributed by atoms with Gasteiger partial charge >= 0.3 is 0 Å². The summed E-state index contributed by atoms with van der Waals surface area (Å²) in [5, 5.41) is 0. The highest BCUT2D eigenvalue weighted by molar-refractivity contribution is 7.89. The lowest BCUT2D eigenvalue weighted by Gasteiger charge is -2.37. The molecule has 6 nitrogen and oxygen atoms in total. The van der Waals surface area contributed by atoms with E-state index in [9.17, 15) is 8.42 Å². The normalized spacial score (nSPS) is 19.4. The second-order valence-electron chi connectivity index (χ2n) is 6.54. The number of nitrogens with zero attached hydrogens (tertiary/aromatic N) is 2. The molecule has 0 aromatic heterocycles. The van der Waals surface area contributed by atoms with Crippen LogP contribution in [0.4, 0.5) is 0 Å². The van der Waals surface area contributed by atoms with Gasteiger partial charge in [-0.3, -0.25) is 4.90 Å². The zero-order valence-electron chi connectivity index (χ0n) is 14.7. The third-order valence-electron chi connectivity index (χ3n) is 5.08. The van der Waals surface area contributed by atoms with E-state index >= 15 is 0 Å². The van der Waals surface area contributed by atoms with Crippen LogP contribution in [-0.2, 0) is 10.0 Å². The summed E-state index contributed by atoms with van der Waals surface area (Å²) >= 11 is 0. The Morgan fingerprint density at radius 3 is 2.35 bits per heavy atom. The summed E-state index contributed by atoms with van der Waals surface area (Å²) in [6.07, 6.45) is 0. The van der Waals surface area contributed by atoms with Crippen LogP contribution in [0, 0.1) is 0 Å². The van der Waals surface area contributed by atoms with E-state index in [1.165, 1.54) is 5.56 Å². The van der Waals surface area contributed by atoms with E-state index in [-0.39, 0.29) is 17.7 Å². The Balaban J connectivity index is 1.45. The highest BCUT2D eigenvalue weighted by Crippen LogP contribution is 2.35. The lowest BCUT2D eigenvalue weighted by molar-refractivity contribution is 0.146. The molecule has 138 valence electrons. The first-order valence-corrected chi connectivity index (χ1v) is 10.2. The van der Waals surface area contributed by atoms with E-state index in [4.69, 9.17) is 9.47 Å². The van der Waals surface area contributed by atoms with Crippen LogP contribution in [0.2, 0.25) is 0 Å². The van der Waals surface area contributed by atoms with Gasteiger partial charge in [-0.2, -0.15) is 4.31 Å². The summed E-state index contributed by atoms with van der Waals surface area (Å²) in [4.78, 5) is 2.58. The molecule has 4 rings (SSSR count). The molecule has 0 aliphatic carbocycles. The van der Waals surface area contributed by atoms with Gasteiger partial charge in [-0.15, -0.1) is 0 Å². The fourth-order valence-electron chi connectivity index (χ4n) is 3.46. The summed E-state index contributed by atoms with van der Waals surface area (Å²) in [6.45, 7) is 4.67. The van der Waals surface area contributed by atoms with E-state index in [0.717, 1.165) is 0 Å². The number of benzene rings is 2. The van der Waals surface area contributed by atoms with Crippen LogP contribution < -0.4 is 9.47 Å². The molecule has 0 amide bonds. The number of sulfonamides is 1. The van der Waals surface area contributed by atoms with Crippen LogP contribution in [0.3, 0.4) is 0 Å². The van der Waals surface area contributed by atoms with Gasteiger partial charge in [0.1, 0.15) is 0 Å². The van der Waals surface area contributed by atoms with Crippen LogP contribution in [-0.4, -0.2) is 50.6 Å². The van der Waals surface area contributed by atoms with Crippen LogP contribution in [0.1, 0.15) is 18.5 Å². The van der Waals surface area contributed by atoms with Crippen molar-refractivity contribution >= 4 is 10.0 Å². The van der Waals surface area contributed by atoms with Crippen molar-refractivity contribution in [3.63, 3.8) is 0 Å². The Labute approximate surface area is 154 Å². The van der Waals surface area contributed by atoms with Crippen LogP contribution in [0.15, 0.2) is 53.4 Å². The largest absolute Gasteiger partial charge is 0.454 e. The fraction of sp³-hybridized carbons (Fsp3) is 0.368. The summed E-state index contributed by atoms with van der Waals surface area (Å²) in [6, 6.07) is 15.4. The molecule has 0 saturated carbocycles. The fourth-order valence-corrected chi connectivity index (χ4v) is 4.90.